The molecule has 12 heteroatoms. The summed E-state index contributed by atoms with van der Waals surface area (Å²) in [5, 5.41) is 7.57. The van der Waals surface area contributed by atoms with Gasteiger partial charge in [-0.25, -0.2) is 14.2 Å². The molecule has 0 radical (unpaired) electrons. The number of benzene rings is 1. The zero-order valence-electron chi connectivity index (χ0n) is 20.0. The summed E-state index contributed by atoms with van der Waals surface area (Å²) in [4.78, 5) is 28.0. The molecular formula is C26H22F4N4O4. The Hall–Kier alpha value is -4.35. The second-order valence-electron chi connectivity index (χ2n) is 9.04. The molecular weight excluding hydrogens is 508 g/mol. The molecule has 2 fully saturated rings. The van der Waals surface area contributed by atoms with E-state index in [0.717, 1.165) is 11.6 Å². The number of ether oxygens (including phenoxy) is 2. The number of carbonyl (C=O) groups is 2. The van der Waals surface area contributed by atoms with Crippen molar-refractivity contribution in [3.05, 3.63) is 83.2 Å². The molecule has 0 spiro atoms. The van der Waals surface area contributed by atoms with Crippen molar-refractivity contribution in [1.29, 1.82) is 0 Å². The van der Waals surface area contributed by atoms with E-state index < -0.39 is 29.6 Å². The molecule has 0 bridgehead atoms. The van der Waals surface area contributed by atoms with E-state index in [1.54, 1.807) is 31.3 Å². The molecule has 38 heavy (non-hydrogen) atoms. The molecule has 8 nitrogen and oxygen atoms in total. The van der Waals surface area contributed by atoms with E-state index >= 15 is 0 Å². The van der Waals surface area contributed by atoms with Crippen LogP contribution in [0.2, 0.25) is 0 Å². The molecule has 5 rings (SSSR count). The van der Waals surface area contributed by atoms with Gasteiger partial charge in [-0.15, -0.1) is 0 Å². The summed E-state index contributed by atoms with van der Waals surface area (Å²) in [6, 6.07) is 2.41. The number of fused-ring (bicyclic) bond motifs is 2. The normalized spacial score (nSPS) is 23.2. The Morgan fingerprint density at radius 2 is 2.08 bits per heavy atom. The van der Waals surface area contributed by atoms with Gasteiger partial charge in [-0.1, -0.05) is 6.58 Å². The number of nitrogens with one attached hydrogen (secondary N) is 3. The molecule has 3 atom stereocenters. The average molecular weight is 530 g/mol. The number of carbonyl (C=O) groups excluding carboxylic acids is 2. The Bertz CT molecular complexity index is 1400. The van der Waals surface area contributed by atoms with Crippen LogP contribution in [0, 0.1) is 11.7 Å². The van der Waals surface area contributed by atoms with Crippen LogP contribution in [-0.2, 0) is 22.1 Å². The van der Waals surface area contributed by atoms with E-state index in [0.29, 0.717) is 53.6 Å². The van der Waals surface area contributed by atoms with Gasteiger partial charge in [0.1, 0.15) is 35.0 Å². The van der Waals surface area contributed by atoms with Crippen molar-refractivity contribution in [1.82, 2.24) is 10.3 Å². The molecule has 198 valence electrons. The number of rotatable bonds is 5. The number of urea groups is 1. The SMILES string of the molecule is C=C1/C(=C\C=C(/C)Oc2ccnc3c2CCC(=O)N3)O[C@@H]2[C@@H](NC(=O)Nc3ccc(C(F)(F)F)cc3F)[C@H]12. The van der Waals surface area contributed by atoms with Crippen LogP contribution in [0.25, 0.3) is 0 Å². The minimum atomic E-state index is -4.69. The number of allylic oxidation sites excluding steroid dienone is 4. The predicted molar refractivity (Wildman–Crippen MR) is 129 cm³/mol. The summed E-state index contributed by atoms with van der Waals surface area (Å²) in [5.41, 5.74) is -0.0437. The van der Waals surface area contributed by atoms with Crippen molar-refractivity contribution in [3.8, 4) is 5.75 Å². The van der Waals surface area contributed by atoms with Gasteiger partial charge in [-0.05, 0) is 55.3 Å². The van der Waals surface area contributed by atoms with Crippen molar-refractivity contribution >= 4 is 23.4 Å². The Labute approximate surface area is 214 Å². The zero-order valence-corrected chi connectivity index (χ0v) is 20.0. The van der Waals surface area contributed by atoms with Crippen molar-refractivity contribution in [3.63, 3.8) is 0 Å². The van der Waals surface area contributed by atoms with E-state index in [1.165, 1.54) is 0 Å². The number of pyridine rings is 1. The van der Waals surface area contributed by atoms with E-state index in [4.69, 9.17) is 9.47 Å². The van der Waals surface area contributed by atoms with Crippen LogP contribution < -0.4 is 20.7 Å². The lowest BCUT2D eigenvalue weighted by Gasteiger charge is -2.18. The molecule has 0 unspecified atom stereocenters. The smallest absolute Gasteiger partial charge is 0.416 e. The van der Waals surface area contributed by atoms with E-state index in [2.05, 4.69) is 27.5 Å². The Morgan fingerprint density at radius 1 is 1.29 bits per heavy atom. The van der Waals surface area contributed by atoms with Crippen molar-refractivity contribution < 1.29 is 36.6 Å². The number of anilines is 2. The van der Waals surface area contributed by atoms with Crippen LogP contribution in [0.5, 0.6) is 5.75 Å². The first-order chi connectivity index (χ1) is 18.0. The summed E-state index contributed by atoms with van der Waals surface area (Å²) < 4.78 is 63.9. The number of aromatic nitrogens is 1. The summed E-state index contributed by atoms with van der Waals surface area (Å²) in [6.45, 7) is 5.79. The van der Waals surface area contributed by atoms with Crippen molar-refractivity contribution in [2.24, 2.45) is 5.92 Å². The topological polar surface area (TPSA) is 102 Å². The highest BCUT2D eigenvalue weighted by Crippen LogP contribution is 2.50. The lowest BCUT2D eigenvalue weighted by molar-refractivity contribution is -0.137. The fourth-order valence-electron chi connectivity index (χ4n) is 4.41. The van der Waals surface area contributed by atoms with Gasteiger partial charge in [0, 0.05) is 18.2 Å². The fraction of sp³-hybridized carbons (Fsp3) is 0.269. The van der Waals surface area contributed by atoms with Gasteiger partial charge in [0.2, 0.25) is 5.91 Å². The molecule has 2 aromatic rings. The van der Waals surface area contributed by atoms with Gasteiger partial charge in [0.25, 0.3) is 0 Å². The van der Waals surface area contributed by atoms with Crippen LogP contribution in [0.3, 0.4) is 0 Å². The van der Waals surface area contributed by atoms with Crippen LogP contribution in [0.1, 0.15) is 24.5 Å². The highest BCUT2D eigenvalue weighted by molar-refractivity contribution is 5.93. The molecule has 1 aromatic carbocycles. The van der Waals surface area contributed by atoms with E-state index in [-0.39, 0.29) is 23.6 Å². The number of halogens is 4. The average Bonchev–Trinajstić information content (AvgIpc) is 3.40. The number of hydrogen-bond donors (Lipinski definition) is 3. The maximum Gasteiger partial charge on any atom is 0.416 e. The number of nitrogens with zero attached hydrogens (tertiary/aromatic N) is 1. The van der Waals surface area contributed by atoms with Crippen molar-refractivity contribution in [2.75, 3.05) is 10.6 Å². The first-order valence-corrected chi connectivity index (χ1v) is 11.7. The summed E-state index contributed by atoms with van der Waals surface area (Å²) in [5.74, 6) is 0.698. The minimum Gasteiger partial charge on any atom is -0.487 e. The van der Waals surface area contributed by atoms with E-state index in [9.17, 15) is 27.2 Å². The maximum atomic E-state index is 14.0. The van der Waals surface area contributed by atoms with Gasteiger partial charge in [-0.3, -0.25) is 4.79 Å². The zero-order chi connectivity index (χ0) is 27.2. The molecule has 2 aliphatic heterocycles. The second kappa shape index (κ2) is 9.51. The minimum absolute atomic E-state index is 0.0911. The van der Waals surface area contributed by atoms with E-state index in [1.807, 2.05) is 0 Å². The standard InChI is InChI=1S/C26H22F4N4O4/c1-12(37-19-9-10-31-24-15(19)5-8-20(35)33-24)3-7-18-13(2)21-22(23(21)38-18)34-25(36)32-17-6-4-14(11-16(17)27)26(28,29)30/h3-4,6-7,9-11,21-23H,2,5,8H2,1H3,(H,31,33,35)(H2,32,34,36)/b12-3+,18-7+/t21-,22-,23-/m0/s1. The van der Waals surface area contributed by atoms with Gasteiger partial charge in [0.05, 0.1) is 23.2 Å². The maximum absolute atomic E-state index is 14.0. The van der Waals surface area contributed by atoms with Gasteiger partial charge in [0.15, 0.2) is 0 Å². The molecule has 3 aliphatic rings. The molecule has 1 aromatic heterocycles. The second-order valence-corrected chi connectivity index (χ2v) is 9.04. The first-order valence-electron chi connectivity index (χ1n) is 11.7. The molecule has 3 N–H and O–H groups in total. The van der Waals surface area contributed by atoms with Crippen LogP contribution in [-0.4, -0.2) is 29.1 Å². The molecule has 1 saturated carbocycles. The van der Waals surface area contributed by atoms with Crippen LogP contribution >= 0.6 is 0 Å². The quantitative estimate of drug-likeness (QED) is 0.370. The largest absolute Gasteiger partial charge is 0.487 e. The number of alkyl halides is 3. The third kappa shape index (κ3) is 5.06. The molecule has 1 saturated heterocycles. The predicted octanol–water partition coefficient (Wildman–Crippen LogP) is 5.07. The Balaban J connectivity index is 1.15. The Morgan fingerprint density at radius 3 is 2.76 bits per heavy atom. The molecule has 3 heterocycles. The lowest BCUT2D eigenvalue weighted by atomic mass is 10.1. The first kappa shape index (κ1) is 25.3. The van der Waals surface area contributed by atoms with Gasteiger partial charge < -0.3 is 25.4 Å². The third-order valence-electron chi connectivity index (χ3n) is 6.39. The van der Waals surface area contributed by atoms with Gasteiger partial charge in [-0.2, -0.15) is 13.2 Å². The Kier molecular flexibility index (Phi) is 6.33. The fourth-order valence-corrected chi connectivity index (χ4v) is 4.41. The highest BCUT2D eigenvalue weighted by Gasteiger charge is 2.60. The molecule has 3 amide bonds. The highest BCUT2D eigenvalue weighted by atomic mass is 19.4. The van der Waals surface area contributed by atoms with Gasteiger partial charge >= 0.3 is 12.2 Å². The lowest BCUT2D eigenvalue weighted by Crippen LogP contribution is -2.34. The molecule has 1 aliphatic carbocycles. The third-order valence-corrected chi connectivity index (χ3v) is 6.39. The number of amides is 3. The number of hydrogen-bond acceptors (Lipinski definition) is 5. The van der Waals surface area contributed by atoms with Crippen molar-refractivity contribution in [2.45, 2.75) is 38.1 Å². The summed E-state index contributed by atoms with van der Waals surface area (Å²) in [7, 11) is 0. The summed E-state index contributed by atoms with van der Waals surface area (Å²) >= 11 is 0. The van der Waals surface area contributed by atoms with Crippen LogP contribution in [0.15, 0.2) is 66.3 Å². The summed E-state index contributed by atoms with van der Waals surface area (Å²) in [6.07, 6.45) is 0.794. The monoisotopic (exact) mass is 530 g/mol. The van der Waals surface area contributed by atoms with Crippen LogP contribution in [0.4, 0.5) is 33.9 Å².